The normalized spacial score (nSPS) is 14.6. The van der Waals surface area contributed by atoms with E-state index in [1.165, 1.54) is 25.3 Å². The zero-order chi connectivity index (χ0) is 21.8. The van der Waals surface area contributed by atoms with Crippen molar-refractivity contribution in [2.24, 2.45) is 0 Å². The second kappa shape index (κ2) is 9.07. The molecule has 2 heterocycles. The van der Waals surface area contributed by atoms with E-state index in [1.54, 1.807) is 12.1 Å². The summed E-state index contributed by atoms with van der Waals surface area (Å²) in [6, 6.07) is 5.51. The number of nitrogens with one attached hydrogen (secondary N) is 1. The summed E-state index contributed by atoms with van der Waals surface area (Å²) < 4.78 is 15.8. The number of amides is 3. The standard InChI is InChI=1S/C20H14BrClN2O6/c1-3-6-29-17-13(21)7-11(8-14(17)22)9-15-18(25)24(20(27)23-15)10-12-4-5-16(30-12)19(26)28-2/h1,4-5,7-9H,6,10H2,2H3,(H,23,27)/b15-9-. The van der Waals surface area contributed by atoms with E-state index in [0.717, 1.165) is 4.90 Å². The van der Waals surface area contributed by atoms with E-state index in [1.807, 2.05) is 0 Å². The van der Waals surface area contributed by atoms with Crippen LogP contribution >= 0.6 is 27.5 Å². The van der Waals surface area contributed by atoms with Crippen LogP contribution in [0.3, 0.4) is 0 Å². The maximum absolute atomic E-state index is 12.6. The van der Waals surface area contributed by atoms with Gasteiger partial charge in [0.25, 0.3) is 5.91 Å². The maximum atomic E-state index is 12.6. The van der Waals surface area contributed by atoms with Crippen LogP contribution in [0, 0.1) is 12.3 Å². The highest BCUT2D eigenvalue weighted by Gasteiger charge is 2.34. The average Bonchev–Trinajstić information content (AvgIpc) is 3.27. The van der Waals surface area contributed by atoms with Gasteiger partial charge < -0.3 is 19.2 Å². The second-order valence-corrected chi connectivity index (χ2v) is 7.21. The Bertz CT molecular complexity index is 1080. The number of halogens is 2. The summed E-state index contributed by atoms with van der Waals surface area (Å²) in [5, 5.41) is 2.78. The highest BCUT2D eigenvalue weighted by Crippen LogP contribution is 2.35. The van der Waals surface area contributed by atoms with Crippen molar-refractivity contribution in [3.05, 3.63) is 56.5 Å². The third-order valence-corrected chi connectivity index (χ3v) is 4.83. The molecule has 0 saturated carbocycles. The van der Waals surface area contributed by atoms with Crippen LogP contribution in [0.15, 0.2) is 38.9 Å². The van der Waals surface area contributed by atoms with Gasteiger partial charge in [-0.25, -0.2) is 9.59 Å². The zero-order valence-electron chi connectivity index (χ0n) is 15.5. The number of nitrogens with zero attached hydrogens (tertiary/aromatic N) is 1. The summed E-state index contributed by atoms with van der Waals surface area (Å²) >= 11 is 9.55. The minimum atomic E-state index is -0.656. The van der Waals surface area contributed by atoms with Crippen molar-refractivity contribution in [2.45, 2.75) is 6.54 Å². The molecule has 1 saturated heterocycles. The van der Waals surface area contributed by atoms with Gasteiger partial charge in [0, 0.05) is 0 Å². The van der Waals surface area contributed by atoms with E-state index in [0.29, 0.717) is 15.8 Å². The Hall–Kier alpha value is -3.22. The van der Waals surface area contributed by atoms with Crippen molar-refractivity contribution in [1.29, 1.82) is 0 Å². The van der Waals surface area contributed by atoms with Gasteiger partial charge >= 0.3 is 12.0 Å². The molecule has 1 N–H and O–H groups in total. The second-order valence-electron chi connectivity index (χ2n) is 5.94. The van der Waals surface area contributed by atoms with Crippen molar-refractivity contribution >= 4 is 51.5 Å². The molecule has 0 spiro atoms. The molecule has 0 aliphatic carbocycles. The lowest BCUT2D eigenvalue weighted by Crippen LogP contribution is -2.30. The number of imide groups is 1. The van der Waals surface area contributed by atoms with E-state index in [9.17, 15) is 14.4 Å². The number of hydrogen-bond donors (Lipinski definition) is 1. The van der Waals surface area contributed by atoms with Gasteiger partial charge in [-0.05, 0) is 51.8 Å². The molecule has 3 rings (SSSR count). The van der Waals surface area contributed by atoms with Crippen molar-refractivity contribution in [3.63, 3.8) is 0 Å². The first-order valence-corrected chi connectivity index (χ1v) is 9.58. The fourth-order valence-corrected chi connectivity index (χ4v) is 3.61. The van der Waals surface area contributed by atoms with Crippen molar-refractivity contribution in [3.8, 4) is 18.1 Å². The summed E-state index contributed by atoms with van der Waals surface area (Å²) in [5.74, 6) is 1.73. The van der Waals surface area contributed by atoms with Crippen LogP contribution in [0.25, 0.3) is 6.08 Å². The van der Waals surface area contributed by atoms with Crippen molar-refractivity contribution < 1.29 is 28.3 Å². The Morgan fingerprint density at radius 3 is 2.83 bits per heavy atom. The van der Waals surface area contributed by atoms with Crippen LogP contribution in [0.4, 0.5) is 4.79 Å². The molecule has 1 fully saturated rings. The lowest BCUT2D eigenvalue weighted by atomic mass is 10.2. The van der Waals surface area contributed by atoms with Crippen LogP contribution in [-0.2, 0) is 16.1 Å². The lowest BCUT2D eigenvalue weighted by Gasteiger charge is -2.09. The molecule has 0 atom stereocenters. The van der Waals surface area contributed by atoms with Gasteiger partial charge in [-0.1, -0.05) is 17.5 Å². The fraction of sp³-hybridized carbons (Fsp3) is 0.150. The van der Waals surface area contributed by atoms with E-state index in [-0.39, 0.29) is 35.4 Å². The van der Waals surface area contributed by atoms with Gasteiger partial charge in [-0.2, -0.15) is 0 Å². The van der Waals surface area contributed by atoms with E-state index < -0.39 is 17.9 Å². The molecule has 154 valence electrons. The Balaban J connectivity index is 1.79. The molecule has 1 aliphatic rings. The number of benzene rings is 1. The molecule has 0 unspecified atom stereocenters. The number of ether oxygens (including phenoxy) is 2. The van der Waals surface area contributed by atoms with Crippen LogP contribution in [0.5, 0.6) is 5.75 Å². The number of methoxy groups -OCH3 is 1. The maximum Gasteiger partial charge on any atom is 0.373 e. The number of rotatable bonds is 6. The monoisotopic (exact) mass is 492 g/mol. The average molecular weight is 494 g/mol. The first kappa shape index (κ1) is 21.5. The van der Waals surface area contributed by atoms with Gasteiger partial charge in [0.1, 0.15) is 18.1 Å². The van der Waals surface area contributed by atoms with Gasteiger partial charge in [-0.3, -0.25) is 9.69 Å². The van der Waals surface area contributed by atoms with E-state index in [2.05, 4.69) is 31.9 Å². The molecular formula is C20H14BrClN2O6. The largest absolute Gasteiger partial charge is 0.478 e. The quantitative estimate of drug-likeness (QED) is 0.286. The third-order valence-electron chi connectivity index (χ3n) is 3.96. The van der Waals surface area contributed by atoms with Gasteiger partial charge in [-0.15, -0.1) is 6.42 Å². The Kier molecular flexibility index (Phi) is 6.50. The fourth-order valence-electron chi connectivity index (χ4n) is 2.63. The lowest BCUT2D eigenvalue weighted by molar-refractivity contribution is -0.123. The predicted octanol–water partition coefficient (Wildman–Crippen LogP) is 3.59. The molecule has 3 amide bonds. The Morgan fingerprint density at radius 1 is 1.40 bits per heavy atom. The number of hydrogen-bond acceptors (Lipinski definition) is 6. The number of terminal acetylenes is 1. The molecule has 10 heteroatoms. The smallest absolute Gasteiger partial charge is 0.373 e. The molecular weight excluding hydrogens is 480 g/mol. The topological polar surface area (TPSA) is 98.1 Å². The molecule has 2 aromatic rings. The number of esters is 1. The van der Waals surface area contributed by atoms with Crippen LogP contribution in [0.2, 0.25) is 5.02 Å². The summed E-state index contributed by atoms with van der Waals surface area (Å²) in [6.07, 6.45) is 6.66. The molecule has 0 radical (unpaired) electrons. The van der Waals surface area contributed by atoms with Gasteiger partial charge in [0.2, 0.25) is 5.76 Å². The number of furan rings is 1. The molecule has 1 aromatic carbocycles. The SMILES string of the molecule is C#CCOc1c(Cl)cc(/C=C2\NC(=O)N(Cc3ccc(C(=O)OC)o3)C2=O)cc1Br. The van der Waals surface area contributed by atoms with E-state index in [4.69, 9.17) is 27.2 Å². The van der Waals surface area contributed by atoms with Crippen LogP contribution in [0.1, 0.15) is 21.9 Å². The van der Waals surface area contributed by atoms with E-state index >= 15 is 0 Å². The van der Waals surface area contributed by atoms with Crippen molar-refractivity contribution in [2.75, 3.05) is 13.7 Å². The highest BCUT2D eigenvalue weighted by atomic mass is 79.9. The Morgan fingerprint density at radius 2 is 2.17 bits per heavy atom. The zero-order valence-corrected chi connectivity index (χ0v) is 17.9. The molecule has 30 heavy (non-hydrogen) atoms. The molecule has 0 bridgehead atoms. The predicted molar refractivity (Wildman–Crippen MR) is 111 cm³/mol. The summed E-state index contributed by atoms with van der Waals surface area (Å²) in [4.78, 5) is 37.3. The van der Waals surface area contributed by atoms with Crippen LogP contribution < -0.4 is 10.1 Å². The van der Waals surface area contributed by atoms with Crippen molar-refractivity contribution in [1.82, 2.24) is 10.2 Å². The van der Waals surface area contributed by atoms with Gasteiger partial charge in [0.05, 0.1) is 23.1 Å². The molecule has 8 nitrogen and oxygen atoms in total. The number of carbonyl (C=O) groups excluding carboxylic acids is 3. The van der Waals surface area contributed by atoms with Crippen LogP contribution in [-0.4, -0.2) is 36.5 Å². The number of urea groups is 1. The molecule has 1 aliphatic heterocycles. The number of carbonyl (C=O) groups is 3. The highest BCUT2D eigenvalue weighted by molar-refractivity contribution is 9.10. The first-order chi connectivity index (χ1) is 14.3. The Labute approximate surface area is 184 Å². The van der Waals surface area contributed by atoms with Gasteiger partial charge in [0.15, 0.2) is 5.75 Å². The minimum absolute atomic E-state index is 0.0260. The summed E-state index contributed by atoms with van der Waals surface area (Å²) in [6.45, 7) is -0.102. The first-order valence-electron chi connectivity index (χ1n) is 8.41. The third kappa shape index (κ3) is 4.50. The summed E-state index contributed by atoms with van der Waals surface area (Å²) in [5.41, 5.74) is 0.608. The molecule has 1 aromatic heterocycles. The summed E-state index contributed by atoms with van der Waals surface area (Å²) in [7, 11) is 1.22. The minimum Gasteiger partial charge on any atom is -0.478 e.